The number of rotatable bonds is 8. The number of hydrogen-bond acceptors (Lipinski definition) is 3. The molecule has 3 aromatic rings. The Bertz CT molecular complexity index is 1260. The standard InChI is InChI=1S/C27H31NO4S/c1-17-18(2)20(4)26(21(5)19(17)3)33(31,32)28-24-15-13-22(14-16-24)9-8-11-23-10-6-7-12-25(23)27(29)30/h6-7,10,12-16,28H,8-9,11H2,1-5H3,(H,29,30). The summed E-state index contributed by atoms with van der Waals surface area (Å²) in [6, 6.07) is 14.4. The Morgan fingerprint density at radius 3 is 1.91 bits per heavy atom. The SMILES string of the molecule is Cc1c(C)c(C)c(S(=O)(=O)Nc2ccc(CCCc3ccccc3C(=O)O)cc2)c(C)c1C. The third kappa shape index (κ3) is 5.28. The van der Waals surface area contributed by atoms with Crippen molar-refractivity contribution in [1.82, 2.24) is 0 Å². The Morgan fingerprint density at radius 2 is 1.33 bits per heavy atom. The van der Waals surface area contributed by atoms with Crippen LogP contribution in [0.1, 0.15) is 55.7 Å². The van der Waals surface area contributed by atoms with Gasteiger partial charge in [0, 0.05) is 5.69 Å². The highest BCUT2D eigenvalue weighted by atomic mass is 32.2. The van der Waals surface area contributed by atoms with Crippen molar-refractivity contribution in [2.75, 3.05) is 4.72 Å². The first-order valence-electron chi connectivity index (χ1n) is 11.0. The van der Waals surface area contributed by atoms with E-state index < -0.39 is 16.0 Å². The van der Waals surface area contributed by atoms with Crippen molar-refractivity contribution in [2.24, 2.45) is 0 Å². The number of nitrogens with one attached hydrogen (secondary N) is 1. The Morgan fingerprint density at radius 1 is 0.788 bits per heavy atom. The highest BCUT2D eigenvalue weighted by Gasteiger charge is 2.23. The van der Waals surface area contributed by atoms with Crippen LogP contribution in [0.4, 0.5) is 5.69 Å². The molecule has 0 unspecified atom stereocenters. The zero-order valence-electron chi connectivity index (χ0n) is 19.8. The summed E-state index contributed by atoms with van der Waals surface area (Å²) >= 11 is 0. The summed E-state index contributed by atoms with van der Waals surface area (Å²) < 4.78 is 29.1. The summed E-state index contributed by atoms with van der Waals surface area (Å²) in [7, 11) is -3.72. The Hall–Kier alpha value is -3.12. The van der Waals surface area contributed by atoms with E-state index in [-0.39, 0.29) is 0 Å². The smallest absolute Gasteiger partial charge is 0.335 e. The van der Waals surface area contributed by atoms with Crippen LogP contribution in [-0.2, 0) is 22.9 Å². The van der Waals surface area contributed by atoms with Crippen LogP contribution in [-0.4, -0.2) is 19.5 Å². The fraction of sp³-hybridized carbons (Fsp3) is 0.296. The van der Waals surface area contributed by atoms with Crippen molar-refractivity contribution in [3.8, 4) is 0 Å². The van der Waals surface area contributed by atoms with E-state index in [0.717, 1.165) is 51.8 Å². The number of aryl methyl sites for hydroxylation is 2. The van der Waals surface area contributed by atoms with Crippen molar-refractivity contribution >= 4 is 21.7 Å². The van der Waals surface area contributed by atoms with Gasteiger partial charge in [-0.2, -0.15) is 0 Å². The van der Waals surface area contributed by atoms with Crippen molar-refractivity contribution < 1.29 is 18.3 Å². The summed E-state index contributed by atoms with van der Waals surface area (Å²) in [5.41, 5.74) is 7.43. The maximum atomic E-state index is 13.2. The Labute approximate surface area is 196 Å². The third-order valence-electron chi connectivity index (χ3n) is 6.57. The van der Waals surface area contributed by atoms with Gasteiger partial charge in [-0.1, -0.05) is 30.3 Å². The van der Waals surface area contributed by atoms with E-state index in [9.17, 15) is 18.3 Å². The summed E-state index contributed by atoms with van der Waals surface area (Å²) in [5, 5.41) is 9.31. The summed E-state index contributed by atoms with van der Waals surface area (Å²) in [4.78, 5) is 11.7. The molecule has 0 aliphatic rings. The third-order valence-corrected chi connectivity index (χ3v) is 8.22. The normalized spacial score (nSPS) is 11.4. The van der Waals surface area contributed by atoms with Gasteiger partial charge in [0.05, 0.1) is 10.5 Å². The Kier molecular flexibility index (Phi) is 7.28. The summed E-state index contributed by atoms with van der Waals surface area (Å²) in [6.45, 7) is 9.65. The molecule has 0 atom stereocenters. The molecular weight excluding hydrogens is 434 g/mol. The maximum Gasteiger partial charge on any atom is 0.335 e. The van der Waals surface area contributed by atoms with E-state index in [4.69, 9.17) is 0 Å². The minimum Gasteiger partial charge on any atom is -0.478 e. The minimum absolute atomic E-state index is 0.342. The lowest BCUT2D eigenvalue weighted by molar-refractivity contribution is 0.0695. The largest absolute Gasteiger partial charge is 0.478 e. The topological polar surface area (TPSA) is 83.5 Å². The molecule has 0 radical (unpaired) electrons. The van der Waals surface area contributed by atoms with Crippen LogP contribution >= 0.6 is 0 Å². The maximum absolute atomic E-state index is 13.2. The molecule has 174 valence electrons. The van der Waals surface area contributed by atoms with Gasteiger partial charge in [0.25, 0.3) is 10.0 Å². The van der Waals surface area contributed by atoms with Crippen molar-refractivity contribution in [3.63, 3.8) is 0 Å². The number of carbonyl (C=O) groups is 1. The summed E-state index contributed by atoms with van der Waals surface area (Å²) in [6.07, 6.45) is 2.24. The second-order valence-electron chi connectivity index (χ2n) is 8.57. The number of carboxylic acid groups (broad SMARTS) is 1. The predicted octanol–water partition coefficient (Wildman–Crippen LogP) is 5.90. The van der Waals surface area contributed by atoms with E-state index >= 15 is 0 Å². The summed E-state index contributed by atoms with van der Waals surface area (Å²) in [5.74, 6) is -0.910. The van der Waals surface area contributed by atoms with Crippen LogP contribution in [0.5, 0.6) is 0 Å². The number of hydrogen-bond donors (Lipinski definition) is 2. The fourth-order valence-corrected chi connectivity index (χ4v) is 5.91. The molecule has 0 bridgehead atoms. The predicted molar refractivity (Wildman–Crippen MR) is 133 cm³/mol. The first kappa shape index (κ1) is 24.5. The van der Waals surface area contributed by atoms with Gasteiger partial charge in [-0.05, 0) is 111 Å². The van der Waals surface area contributed by atoms with Gasteiger partial charge in [0.2, 0.25) is 0 Å². The van der Waals surface area contributed by atoms with Crippen molar-refractivity contribution in [1.29, 1.82) is 0 Å². The molecule has 0 aromatic heterocycles. The lowest BCUT2D eigenvalue weighted by Crippen LogP contribution is -2.17. The highest BCUT2D eigenvalue weighted by Crippen LogP contribution is 2.31. The van der Waals surface area contributed by atoms with Gasteiger partial charge >= 0.3 is 5.97 Å². The minimum atomic E-state index is -3.72. The molecule has 5 nitrogen and oxygen atoms in total. The van der Waals surface area contributed by atoms with E-state index in [1.807, 2.05) is 58.9 Å². The van der Waals surface area contributed by atoms with Gasteiger partial charge in [-0.25, -0.2) is 13.2 Å². The monoisotopic (exact) mass is 465 g/mol. The van der Waals surface area contributed by atoms with E-state index in [0.29, 0.717) is 22.6 Å². The molecule has 0 saturated heterocycles. The van der Waals surface area contributed by atoms with Gasteiger partial charge in [-0.15, -0.1) is 0 Å². The second-order valence-corrected chi connectivity index (χ2v) is 10.2. The molecule has 0 heterocycles. The van der Waals surface area contributed by atoms with Crippen LogP contribution in [0.25, 0.3) is 0 Å². The molecule has 0 fully saturated rings. The number of carboxylic acids is 1. The van der Waals surface area contributed by atoms with Gasteiger partial charge < -0.3 is 5.11 Å². The zero-order chi connectivity index (χ0) is 24.3. The molecule has 2 N–H and O–H groups in total. The average Bonchev–Trinajstić information content (AvgIpc) is 2.77. The van der Waals surface area contributed by atoms with Gasteiger partial charge in [-0.3, -0.25) is 4.72 Å². The van der Waals surface area contributed by atoms with Gasteiger partial charge in [0.15, 0.2) is 0 Å². The fourth-order valence-electron chi connectivity index (χ4n) is 4.24. The Balaban J connectivity index is 1.71. The second kappa shape index (κ2) is 9.79. The molecule has 0 amide bonds. The van der Waals surface area contributed by atoms with Crippen molar-refractivity contribution in [3.05, 3.63) is 93.0 Å². The van der Waals surface area contributed by atoms with Crippen LogP contribution in [0.2, 0.25) is 0 Å². The van der Waals surface area contributed by atoms with Crippen LogP contribution in [0.15, 0.2) is 53.4 Å². The van der Waals surface area contributed by atoms with E-state index in [1.54, 1.807) is 24.3 Å². The number of benzene rings is 3. The molecule has 3 aromatic carbocycles. The molecule has 0 aliphatic heterocycles. The van der Waals surface area contributed by atoms with E-state index in [2.05, 4.69) is 4.72 Å². The molecule has 3 rings (SSSR count). The van der Waals surface area contributed by atoms with Crippen LogP contribution in [0.3, 0.4) is 0 Å². The average molecular weight is 466 g/mol. The van der Waals surface area contributed by atoms with Crippen molar-refractivity contribution in [2.45, 2.75) is 58.8 Å². The molecule has 0 spiro atoms. The van der Waals surface area contributed by atoms with Crippen LogP contribution in [0, 0.1) is 34.6 Å². The van der Waals surface area contributed by atoms with Crippen LogP contribution < -0.4 is 4.72 Å². The molecule has 0 aliphatic carbocycles. The lowest BCUT2D eigenvalue weighted by Gasteiger charge is -2.19. The van der Waals surface area contributed by atoms with Gasteiger partial charge in [0.1, 0.15) is 0 Å². The number of aromatic carboxylic acids is 1. The molecule has 33 heavy (non-hydrogen) atoms. The number of anilines is 1. The molecule has 6 heteroatoms. The number of sulfonamides is 1. The highest BCUT2D eigenvalue weighted by molar-refractivity contribution is 7.92. The first-order valence-corrected chi connectivity index (χ1v) is 12.5. The first-order chi connectivity index (χ1) is 15.5. The lowest BCUT2D eigenvalue weighted by atomic mass is 9.95. The quantitative estimate of drug-likeness (QED) is 0.434. The molecular formula is C27H31NO4S. The molecule has 0 saturated carbocycles. The van der Waals surface area contributed by atoms with E-state index in [1.165, 1.54) is 0 Å². The zero-order valence-corrected chi connectivity index (χ0v) is 20.6.